The second-order valence-corrected chi connectivity index (χ2v) is 5.48. The second-order valence-electron chi connectivity index (χ2n) is 5.48. The van der Waals surface area contributed by atoms with E-state index in [1.165, 1.54) is 29.7 Å². The summed E-state index contributed by atoms with van der Waals surface area (Å²) in [6, 6.07) is 6.76. The standard InChI is InChI=1S/C16H26N2O/c1-14-10-15(2)12-16(11-14)13-17-4-3-5-18-6-8-19-9-7-18/h10-12,17H,3-9,13H2,1-2H3. The summed E-state index contributed by atoms with van der Waals surface area (Å²) >= 11 is 0. The zero-order valence-corrected chi connectivity index (χ0v) is 12.2. The first-order chi connectivity index (χ1) is 9.24. The molecule has 1 aliphatic rings. The Bertz CT molecular complexity index is 366. The van der Waals surface area contributed by atoms with E-state index in [0.29, 0.717) is 0 Å². The first-order valence-corrected chi connectivity index (χ1v) is 7.32. The minimum absolute atomic E-state index is 0.899. The zero-order valence-electron chi connectivity index (χ0n) is 12.2. The summed E-state index contributed by atoms with van der Waals surface area (Å²) in [5.41, 5.74) is 4.10. The van der Waals surface area contributed by atoms with Gasteiger partial charge in [-0.15, -0.1) is 0 Å². The van der Waals surface area contributed by atoms with Crippen molar-refractivity contribution in [3.8, 4) is 0 Å². The Balaban J connectivity index is 1.60. The summed E-state index contributed by atoms with van der Waals surface area (Å²) in [5.74, 6) is 0. The molecule has 1 saturated heterocycles. The summed E-state index contributed by atoms with van der Waals surface area (Å²) < 4.78 is 5.35. The Morgan fingerprint density at radius 1 is 1.11 bits per heavy atom. The average Bonchev–Trinajstić information content (AvgIpc) is 2.38. The lowest BCUT2D eigenvalue weighted by molar-refractivity contribution is 0.0374. The highest BCUT2D eigenvalue weighted by Gasteiger charge is 2.08. The number of hydrogen-bond acceptors (Lipinski definition) is 3. The third kappa shape index (κ3) is 5.31. The van der Waals surface area contributed by atoms with Crippen LogP contribution in [0.4, 0.5) is 0 Å². The number of hydrogen-bond donors (Lipinski definition) is 1. The first kappa shape index (κ1) is 14.5. The second kappa shape index (κ2) is 7.63. The van der Waals surface area contributed by atoms with Gasteiger partial charge in [0.05, 0.1) is 13.2 Å². The number of aryl methyl sites for hydroxylation is 2. The van der Waals surface area contributed by atoms with E-state index in [-0.39, 0.29) is 0 Å². The van der Waals surface area contributed by atoms with Crippen LogP contribution in [0.1, 0.15) is 23.1 Å². The lowest BCUT2D eigenvalue weighted by Gasteiger charge is -2.26. The number of morpholine rings is 1. The quantitative estimate of drug-likeness (QED) is 0.795. The van der Waals surface area contributed by atoms with Crippen molar-refractivity contribution in [1.29, 1.82) is 0 Å². The van der Waals surface area contributed by atoms with Crippen molar-refractivity contribution >= 4 is 0 Å². The van der Waals surface area contributed by atoms with Gasteiger partial charge in [0.1, 0.15) is 0 Å². The van der Waals surface area contributed by atoms with Crippen LogP contribution < -0.4 is 5.32 Å². The highest BCUT2D eigenvalue weighted by Crippen LogP contribution is 2.08. The summed E-state index contributed by atoms with van der Waals surface area (Å²) in [4.78, 5) is 2.49. The number of nitrogens with zero attached hydrogens (tertiary/aromatic N) is 1. The number of ether oxygens (including phenoxy) is 1. The van der Waals surface area contributed by atoms with Crippen LogP contribution in [0, 0.1) is 13.8 Å². The van der Waals surface area contributed by atoms with Gasteiger partial charge in [-0.25, -0.2) is 0 Å². The van der Waals surface area contributed by atoms with Gasteiger partial charge in [-0.3, -0.25) is 4.90 Å². The molecule has 1 aromatic rings. The zero-order chi connectivity index (χ0) is 13.5. The Morgan fingerprint density at radius 3 is 2.47 bits per heavy atom. The topological polar surface area (TPSA) is 24.5 Å². The van der Waals surface area contributed by atoms with Crippen LogP contribution in [0.25, 0.3) is 0 Å². The molecule has 0 radical (unpaired) electrons. The predicted molar refractivity (Wildman–Crippen MR) is 79.5 cm³/mol. The fraction of sp³-hybridized carbons (Fsp3) is 0.625. The maximum Gasteiger partial charge on any atom is 0.0594 e. The Morgan fingerprint density at radius 2 is 1.79 bits per heavy atom. The molecule has 3 heteroatoms. The summed E-state index contributed by atoms with van der Waals surface area (Å²) in [5, 5.41) is 3.54. The Labute approximate surface area is 116 Å². The molecule has 0 unspecified atom stereocenters. The molecule has 3 nitrogen and oxygen atoms in total. The van der Waals surface area contributed by atoms with Crippen LogP contribution >= 0.6 is 0 Å². The van der Waals surface area contributed by atoms with Crippen LogP contribution in [0.3, 0.4) is 0 Å². The van der Waals surface area contributed by atoms with Gasteiger partial charge in [0.2, 0.25) is 0 Å². The SMILES string of the molecule is Cc1cc(C)cc(CNCCCN2CCOCC2)c1. The lowest BCUT2D eigenvalue weighted by atomic mass is 10.1. The number of nitrogens with one attached hydrogen (secondary N) is 1. The van der Waals surface area contributed by atoms with E-state index < -0.39 is 0 Å². The van der Waals surface area contributed by atoms with Crippen LogP contribution in [0.5, 0.6) is 0 Å². The van der Waals surface area contributed by atoms with Crippen molar-refractivity contribution in [3.63, 3.8) is 0 Å². The molecule has 0 spiro atoms. The van der Waals surface area contributed by atoms with E-state index in [9.17, 15) is 0 Å². The van der Waals surface area contributed by atoms with Crippen molar-refractivity contribution in [3.05, 3.63) is 34.9 Å². The third-order valence-corrected chi connectivity index (χ3v) is 3.54. The highest BCUT2D eigenvalue weighted by atomic mass is 16.5. The largest absolute Gasteiger partial charge is 0.379 e. The average molecular weight is 262 g/mol. The van der Waals surface area contributed by atoms with Crippen molar-refractivity contribution < 1.29 is 4.74 Å². The first-order valence-electron chi connectivity index (χ1n) is 7.32. The molecule has 2 rings (SSSR count). The van der Waals surface area contributed by atoms with E-state index in [4.69, 9.17) is 4.74 Å². The van der Waals surface area contributed by atoms with Gasteiger partial charge < -0.3 is 10.1 Å². The van der Waals surface area contributed by atoms with E-state index in [1.807, 2.05) is 0 Å². The molecule has 0 atom stereocenters. The molecule has 0 bridgehead atoms. The fourth-order valence-corrected chi connectivity index (χ4v) is 2.66. The van der Waals surface area contributed by atoms with Crippen molar-refractivity contribution in [2.24, 2.45) is 0 Å². The highest BCUT2D eigenvalue weighted by molar-refractivity contribution is 5.28. The minimum Gasteiger partial charge on any atom is -0.379 e. The predicted octanol–water partition coefficient (Wildman–Crippen LogP) is 2.12. The molecule has 1 N–H and O–H groups in total. The van der Waals surface area contributed by atoms with Crippen LogP contribution in [0.2, 0.25) is 0 Å². The molecule has 1 heterocycles. The molecule has 0 saturated carbocycles. The van der Waals surface area contributed by atoms with Gasteiger partial charge >= 0.3 is 0 Å². The Kier molecular flexibility index (Phi) is 5.83. The summed E-state index contributed by atoms with van der Waals surface area (Å²) in [7, 11) is 0. The van der Waals surface area contributed by atoms with Gasteiger partial charge in [0.25, 0.3) is 0 Å². The molecule has 106 valence electrons. The molecule has 0 amide bonds. The van der Waals surface area contributed by atoms with E-state index >= 15 is 0 Å². The van der Waals surface area contributed by atoms with Crippen LogP contribution in [0.15, 0.2) is 18.2 Å². The molecule has 1 fully saturated rings. The minimum atomic E-state index is 0.899. The van der Waals surface area contributed by atoms with E-state index in [1.54, 1.807) is 0 Å². The van der Waals surface area contributed by atoms with Gasteiger partial charge in [-0.1, -0.05) is 29.3 Å². The maximum atomic E-state index is 5.35. The smallest absolute Gasteiger partial charge is 0.0594 e. The van der Waals surface area contributed by atoms with Gasteiger partial charge in [0.15, 0.2) is 0 Å². The van der Waals surface area contributed by atoms with E-state index in [0.717, 1.165) is 39.4 Å². The molecular formula is C16H26N2O. The molecule has 19 heavy (non-hydrogen) atoms. The number of rotatable bonds is 6. The van der Waals surface area contributed by atoms with Gasteiger partial charge in [-0.2, -0.15) is 0 Å². The number of benzene rings is 1. The van der Waals surface area contributed by atoms with Crippen LogP contribution in [-0.2, 0) is 11.3 Å². The normalized spacial score (nSPS) is 16.7. The lowest BCUT2D eigenvalue weighted by Crippen LogP contribution is -2.37. The Hall–Kier alpha value is -0.900. The van der Waals surface area contributed by atoms with Crippen molar-refractivity contribution in [2.75, 3.05) is 39.4 Å². The molecule has 1 aromatic carbocycles. The van der Waals surface area contributed by atoms with Gasteiger partial charge in [0, 0.05) is 19.6 Å². The van der Waals surface area contributed by atoms with Crippen molar-refractivity contribution in [2.45, 2.75) is 26.8 Å². The van der Waals surface area contributed by atoms with E-state index in [2.05, 4.69) is 42.3 Å². The van der Waals surface area contributed by atoms with Crippen molar-refractivity contribution in [1.82, 2.24) is 10.2 Å². The third-order valence-electron chi connectivity index (χ3n) is 3.54. The fourth-order valence-electron chi connectivity index (χ4n) is 2.66. The summed E-state index contributed by atoms with van der Waals surface area (Å²) in [6.45, 7) is 11.6. The molecule has 0 aromatic heterocycles. The maximum absolute atomic E-state index is 5.35. The van der Waals surface area contributed by atoms with Crippen LogP contribution in [-0.4, -0.2) is 44.3 Å². The molecular weight excluding hydrogens is 236 g/mol. The summed E-state index contributed by atoms with van der Waals surface area (Å²) in [6.07, 6.45) is 1.21. The monoisotopic (exact) mass is 262 g/mol. The van der Waals surface area contributed by atoms with Gasteiger partial charge in [-0.05, 0) is 38.9 Å². The molecule has 1 aliphatic heterocycles. The molecule has 0 aliphatic carbocycles.